The number of aldehydes is 1. The van der Waals surface area contributed by atoms with E-state index in [1.165, 1.54) is 0 Å². The molecule has 2 aromatic heterocycles. The maximum absolute atomic E-state index is 10.9. The number of hydrogen-bond acceptors (Lipinski definition) is 5. The highest BCUT2D eigenvalue weighted by Gasteiger charge is 2.18. The Morgan fingerprint density at radius 1 is 1.39 bits per heavy atom. The molecule has 0 aliphatic rings. The van der Waals surface area contributed by atoms with Crippen LogP contribution in [0.1, 0.15) is 53.0 Å². The van der Waals surface area contributed by atoms with Crippen molar-refractivity contribution < 1.29 is 9.32 Å². The van der Waals surface area contributed by atoms with E-state index in [-0.39, 0.29) is 5.92 Å². The first-order valence-electron chi connectivity index (χ1n) is 5.85. The van der Waals surface area contributed by atoms with Crippen LogP contribution in [0.2, 0.25) is 0 Å². The van der Waals surface area contributed by atoms with Crippen LogP contribution < -0.4 is 0 Å². The minimum absolute atomic E-state index is 0.181. The molecular weight excluding hydrogens is 232 g/mol. The topological polar surface area (TPSA) is 73.8 Å². The van der Waals surface area contributed by atoms with E-state index in [4.69, 9.17) is 4.52 Å². The first-order chi connectivity index (χ1) is 8.54. The van der Waals surface area contributed by atoms with Crippen molar-refractivity contribution >= 4 is 6.29 Å². The summed E-state index contributed by atoms with van der Waals surface area (Å²) in [4.78, 5) is 10.9. The molecular formula is C12H16N4O2. The number of carbonyl (C=O) groups is 1. The van der Waals surface area contributed by atoms with E-state index in [0.29, 0.717) is 12.2 Å². The second-order valence-corrected chi connectivity index (χ2v) is 4.59. The second-order valence-electron chi connectivity index (χ2n) is 4.59. The van der Waals surface area contributed by atoms with Crippen molar-refractivity contribution in [3.8, 4) is 0 Å². The van der Waals surface area contributed by atoms with Crippen molar-refractivity contribution in [1.29, 1.82) is 0 Å². The molecule has 2 aromatic rings. The summed E-state index contributed by atoms with van der Waals surface area (Å²) in [7, 11) is 0. The van der Waals surface area contributed by atoms with Gasteiger partial charge in [-0.05, 0) is 19.8 Å². The van der Waals surface area contributed by atoms with Crippen LogP contribution in [-0.2, 0) is 6.54 Å². The molecule has 0 unspecified atom stereocenters. The van der Waals surface area contributed by atoms with Crippen molar-refractivity contribution in [2.75, 3.05) is 0 Å². The average Bonchev–Trinajstić information content (AvgIpc) is 2.87. The van der Waals surface area contributed by atoms with Gasteiger partial charge in [0.1, 0.15) is 11.5 Å². The zero-order valence-electron chi connectivity index (χ0n) is 11.0. The Hall–Kier alpha value is -1.98. The van der Waals surface area contributed by atoms with Gasteiger partial charge in [-0.25, -0.2) is 4.68 Å². The summed E-state index contributed by atoms with van der Waals surface area (Å²) in [6.07, 6.45) is 0.742. The van der Waals surface area contributed by atoms with Gasteiger partial charge in [-0.3, -0.25) is 4.79 Å². The fourth-order valence-electron chi connectivity index (χ4n) is 2.01. The summed E-state index contributed by atoms with van der Waals surface area (Å²) in [5.41, 5.74) is 3.06. The van der Waals surface area contributed by atoms with Gasteiger partial charge >= 0.3 is 0 Å². The van der Waals surface area contributed by atoms with E-state index in [1.54, 1.807) is 4.68 Å². The van der Waals surface area contributed by atoms with Crippen LogP contribution in [0, 0.1) is 13.8 Å². The highest BCUT2D eigenvalue weighted by Crippen LogP contribution is 2.20. The van der Waals surface area contributed by atoms with E-state index in [0.717, 1.165) is 29.0 Å². The minimum Gasteiger partial charge on any atom is -0.361 e. The maximum Gasteiger partial charge on any atom is 0.172 e. The van der Waals surface area contributed by atoms with Crippen LogP contribution in [0.4, 0.5) is 0 Å². The zero-order valence-corrected chi connectivity index (χ0v) is 11.0. The van der Waals surface area contributed by atoms with Gasteiger partial charge in [-0.1, -0.05) is 24.2 Å². The Balaban J connectivity index is 2.41. The van der Waals surface area contributed by atoms with Crippen molar-refractivity contribution in [2.24, 2.45) is 0 Å². The van der Waals surface area contributed by atoms with E-state index in [1.807, 2.05) is 27.7 Å². The summed E-state index contributed by atoms with van der Waals surface area (Å²) < 4.78 is 6.86. The third-order valence-electron chi connectivity index (χ3n) is 2.95. The largest absolute Gasteiger partial charge is 0.361 e. The highest BCUT2D eigenvalue weighted by molar-refractivity contribution is 5.73. The molecule has 0 saturated carbocycles. The summed E-state index contributed by atoms with van der Waals surface area (Å²) in [6, 6.07) is 0. The molecule has 6 heteroatoms. The predicted octanol–water partition coefficient (Wildman–Crippen LogP) is 1.87. The second kappa shape index (κ2) is 4.72. The van der Waals surface area contributed by atoms with Crippen LogP contribution in [-0.4, -0.2) is 26.4 Å². The Bertz CT molecular complexity index is 549. The van der Waals surface area contributed by atoms with E-state index >= 15 is 0 Å². The third kappa shape index (κ3) is 2.05. The van der Waals surface area contributed by atoms with Gasteiger partial charge in [-0.2, -0.15) is 0 Å². The molecule has 2 rings (SSSR count). The van der Waals surface area contributed by atoms with Crippen LogP contribution in [0.3, 0.4) is 0 Å². The molecule has 0 fully saturated rings. The molecule has 2 heterocycles. The Labute approximate surface area is 105 Å². The van der Waals surface area contributed by atoms with Gasteiger partial charge in [-0.15, -0.1) is 5.10 Å². The summed E-state index contributed by atoms with van der Waals surface area (Å²) in [6.45, 7) is 8.29. The number of aryl methyl sites for hydroxylation is 2. The Morgan fingerprint density at radius 3 is 2.61 bits per heavy atom. The smallest absolute Gasteiger partial charge is 0.172 e. The van der Waals surface area contributed by atoms with E-state index in [2.05, 4.69) is 15.5 Å². The first kappa shape index (κ1) is 12.5. The average molecular weight is 248 g/mol. The molecule has 0 N–H and O–H groups in total. The van der Waals surface area contributed by atoms with Gasteiger partial charge < -0.3 is 4.52 Å². The highest BCUT2D eigenvalue weighted by atomic mass is 16.5. The van der Waals surface area contributed by atoms with Crippen LogP contribution in [0.15, 0.2) is 4.52 Å². The van der Waals surface area contributed by atoms with Crippen molar-refractivity contribution in [1.82, 2.24) is 20.2 Å². The quantitative estimate of drug-likeness (QED) is 0.772. The lowest BCUT2D eigenvalue weighted by atomic mass is 10.1. The minimum atomic E-state index is 0.181. The zero-order chi connectivity index (χ0) is 13.3. The number of aromatic nitrogens is 4. The first-order valence-corrected chi connectivity index (χ1v) is 5.85. The normalized spacial score (nSPS) is 11.2. The fourth-order valence-corrected chi connectivity index (χ4v) is 2.01. The van der Waals surface area contributed by atoms with Crippen molar-refractivity contribution in [2.45, 2.75) is 40.2 Å². The number of carbonyl (C=O) groups excluding carboxylic acids is 1. The fraction of sp³-hybridized carbons (Fsp3) is 0.500. The van der Waals surface area contributed by atoms with Crippen LogP contribution in [0.25, 0.3) is 0 Å². The molecule has 0 atom stereocenters. The van der Waals surface area contributed by atoms with Crippen LogP contribution >= 0.6 is 0 Å². The van der Waals surface area contributed by atoms with Gasteiger partial charge in [0.2, 0.25) is 0 Å². The lowest BCUT2D eigenvalue weighted by Gasteiger charge is -2.09. The van der Waals surface area contributed by atoms with Crippen LogP contribution in [0.5, 0.6) is 0 Å². The molecule has 0 amide bonds. The van der Waals surface area contributed by atoms with Gasteiger partial charge in [0, 0.05) is 5.56 Å². The number of rotatable bonds is 4. The van der Waals surface area contributed by atoms with Crippen molar-refractivity contribution in [3.63, 3.8) is 0 Å². The van der Waals surface area contributed by atoms with Gasteiger partial charge in [0.25, 0.3) is 0 Å². The molecule has 0 aliphatic heterocycles. The van der Waals surface area contributed by atoms with Gasteiger partial charge in [0.15, 0.2) is 6.29 Å². The summed E-state index contributed by atoms with van der Waals surface area (Å²) in [5, 5.41) is 11.8. The lowest BCUT2D eigenvalue weighted by Crippen LogP contribution is -2.09. The monoisotopic (exact) mass is 248 g/mol. The molecule has 0 aromatic carbocycles. The molecule has 0 bridgehead atoms. The number of hydrogen-bond donors (Lipinski definition) is 0. The summed E-state index contributed by atoms with van der Waals surface area (Å²) >= 11 is 0. The molecule has 0 aliphatic carbocycles. The van der Waals surface area contributed by atoms with Gasteiger partial charge in [0.05, 0.1) is 17.9 Å². The van der Waals surface area contributed by atoms with E-state index in [9.17, 15) is 4.79 Å². The maximum atomic E-state index is 10.9. The lowest BCUT2D eigenvalue weighted by molar-refractivity contribution is 0.111. The third-order valence-corrected chi connectivity index (χ3v) is 2.95. The molecule has 0 spiro atoms. The van der Waals surface area contributed by atoms with Crippen molar-refractivity contribution in [3.05, 3.63) is 28.4 Å². The molecule has 96 valence electrons. The molecule has 6 nitrogen and oxygen atoms in total. The Morgan fingerprint density at radius 2 is 2.11 bits per heavy atom. The SMILES string of the molecule is Cc1noc(C)c1Cn1nnc(C=O)c1C(C)C. The Kier molecular flexibility index (Phi) is 3.27. The predicted molar refractivity (Wildman–Crippen MR) is 64.6 cm³/mol. The molecule has 0 radical (unpaired) electrons. The summed E-state index contributed by atoms with van der Waals surface area (Å²) in [5.74, 6) is 0.950. The molecule has 0 saturated heterocycles. The standard InChI is InChI=1S/C12H16N4O2/c1-7(2)12-11(6-17)13-15-16(12)5-10-8(3)14-18-9(10)4/h6-7H,5H2,1-4H3. The molecule has 18 heavy (non-hydrogen) atoms. The van der Waals surface area contributed by atoms with E-state index < -0.39 is 0 Å². The number of nitrogens with zero attached hydrogens (tertiary/aromatic N) is 4.